The molecule has 0 atom stereocenters. The molecule has 0 unspecified atom stereocenters. The fraction of sp³-hybridized carbons (Fsp3) is 0.208. The smallest absolute Gasteiger partial charge is 0.264 e. The van der Waals surface area contributed by atoms with Gasteiger partial charge in [0.1, 0.15) is 12.3 Å². The van der Waals surface area contributed by atoms with Gasteiger partial charge in [0.05, 0.1) is 17.7 Å². The molecule has 0 fully saturated rings. The lowest BCUT2D eigenvalue weighted by Crippen LogP contribution is -2.38. The molecule has 0 radical (unpaired) electrons. The number of benzene rings is 3. The number of anilines is 2. The molecule has 1 amide bonds. The molecule has 3 rings (SSSR count). The number of sulfonamides is 1. The standard InChI is InChI=1S/C24H26N2O4S/c1-18(2)22-11-7-8-12-23(22)25-24(27)17-26(19-13-15-20(30-3)16-14-19)31(28,29)21-9-5-4-6-10-21/h4-16,18H,17H2,1-3H3,(H,25,27). The Morgan fingerprint density at radius 2 is 1.55 bits per heavy atom. The van der Waals surface area contributed by atoms with Gasteiger partial charge in [-0.15, -0.1) is 0 Å². The van der Waals surface area contributed by atoms with Crippen molar-refractivity contribution in [2.75, 3.05) is 23.3 Å². The molecule has 0 spiro atoms. The van der Waals surface area contributed by atoms with Crippen LogP contribution in [0.1, 0.15) is 25.3 Å². The van der Waals surface area contributed by atoms with E-state index in [-0.39, 0.29) is 17.4 Å². The Kier molecular flexibility index (Phi) is 6.97. The van der Waals surface area contributed by atoms with Crippen LogP contribution in [0, 0.1) is 0 Å². The van der Waals surface area contributed by atoms with Gasteiger partial charge < -0.3 is 10.1 Å². The van der Waals surface area contributed by atoms with Crippen molar-refractivity contribution in [1.82, 2.24) is 0 Å². The summed E-state index contributed by atoms with van der Waals surface area (Å²) in [5, 5.41) is 2.87. The molecule has 0 aliphatic heterocycles. The molecule has 0 aliphatic rings. The lowest BCUT2D eigenvalue weighted by Gasteiger charge is -2.24. The van der Waals surface area contributed by atoms with Crippen molar-refractivity contribution in [2.24, 2.45) is 0 Å². The molecule has 0 aliphatic carbocycles. The summed E-state index contributed by atoms with van der Waals surface area (Å²) in [6, 6.07) is 22.1. The average Bonchev–Trinajstić information content (AvgIpc) is 2.78. The topological polar surface area (TPSA) is 75.7 Å². The van der Waals surface area contributed by atoms with E-state index >= 15 is 0 Å². The summed E-state index contributed by atoms with van der Waals surface area (Å²) in [6.07, 6.45) is 0. The fourth-order valence-corrected chi connectivity index (χ4v) is 4.66. The maximum absolute atomic E-state index is 13.4. The lowest BCUT2D eigenvalue weighted by molar-refractivity contribution is -0.114. The van der Waals surface area contributed by atoms with Crippen molar-refractivity contribution in [3.05, 3.63) is 84.4 Å². The van der Waals surface area contributed by atoms with Gasteiger partial charge >= 0.3 is 0 Å². The van der Waals surface area contributed by atoms with Crippen LogP contribution in [0.4, 0.5) is 11.4 Å². The molecule has 3 aromatic carbocycles. The zero-order valence-corrected chi connectivity index (χ0v) is 18.6. The quantitative estimate of drug-likeness (QED) is 0.555. The number of carbonyl (C=O) groups excluding carboxylic acids is 1. The minimum absolute atomic E-state index is 0.112. The SMILES string of the molecule is COc1ccc(N(CC(=O)Nc2ccccc2C(C)C)S(=O)(=O)c2ccccc2)cc1. The highest BCUT2D eigenvalue weighted by atomic mass is 32.2. The Bertz CT molecular complexity index is 1130. The van der Waals surface area contributed by atoms with E-state index in [9.17, 15) is 13.2 Å². The largest absolute Gasteiger partial charge is 0.497 e. The van der Waals surface area contributed by atoms with E-state index in [1.807, 2.05) is 38.1 Å². The molecule has 0 heterocycles. The van der Waals surface area contributed by atoms with E-state index in [0.717, 1.165) is 9.87 Å². The van der Waals surface area contributed by atoms with Crippen molar-refractivity contribution in [3.63, 3.8) is 0 Å². The molecule has 6 nitrogen and oxygen atoms in total. The number of para-hydroxylation sites is 1. The average molecular weight is 439 g/mol. The normalized spacial score (nSPS) is 11.2. The summed E-state index contributed by atoms with van der Waals surface area (Å²) in [5.41, 5.74) is 2.03. The zero-order valence-electron chi connectivity index (χ0n) is 17.8. The van der Waals surface area contributed by atoms with Crippen LogP contribution in [0.15, 0.2) is 83.8 Å². The third-order valence-corrected chi connectivity index (χ3v) is 6.62. The predicted molar refractivity (Wildman–Crippen MR) is 123 cm³/mol. The second-order valence-corrected chi connectivity index (χ2v) is 9.18. The third-order valence-electron chi connectivity index (χ3n) is 4.84. The number of nitrogens with zero attached hydrogens (tertiary/aromatic N) is 1. The van der Waals surface area contributed by atoms with E-state index in [2.05, 4.69) is 5.32 Å². The summed E-state index contributed by atoms with van der Waals surface area (Å²) in [5.74, 6) is 0.377. The molecule has 0 aromatic heterocycles. The van der Waals surface area contributed by atoms with Crippen LogP contribution in [-0.4, -0.2) is 28.0 Å². The van der Waals surface area contributed by atoms with E-state index in [0.29, 0.717) is 17.1 Å². The first-order valence-electron chi connectivity index (χ1n) is 9.93. The van der Waals surface area contributed by atoms with Crippen molar-refractivity contribution >= 4 is 27.3 Å². The van der Waals surface area contributed by atoms with Gasteiger partial charge in [0.15, 0.2) is 0 Å². The highest BCUT2D eigenvalue weighted by Crippen LogP contribution is 2.27. The van der Waals surface area contributed by atoms with Crippen LogP contribution in [0.2, 0.25) is 0 Å². The molecule has 0 bridgehead atoms. The van der Waals surface area contributed by atoms with E-state index < -0.39 is 15.9 Å². The molecule has 0 saturated heterocycles. The monoisotopic (exact) mass is 438 g/mol. The molecule has 31 heavy (non-hydrogen) atoms. The van der Waals surface area contributed by atoms with E-state index in [1.165, 1.54) is 19.2 Å². The highest BCUT2D eigenvalue weighted by Gasteiger charge is 2.27. The Balaban J connectivity index is 1.94. The maximum atomic E-state index is 13.4. The number of methoxy groups -OCH3 is 1. The van der Waals surface area contributed by atoms with Crippen LogP contribution in [0.25, 0.3) is 0 Å². The first kappa shape index (κ1) is 22.4. The van der Waals surface area contributed by atoms with Crippen LogP contribution in [0.3, 0.4) is 0 Å². The molecule has 1 N–H and O–H groups in total. The maximum Gasteiger partial charge on any atom is 0.264 e. The Morgan fingerprint density at radius 3 is 2.16 bits per heavy atom. The fourth-order valence-electron chi connectivity index (χ4n) is 3.22. The lowest BCUT2D eigenvalue weighted by atomic mass is 10.0. The molecular weight excluding hydrogens is 412 g/mol. The number of hydrogen-bond acceptors (Lipinski definition) is 4. The second kappa shape index (κ2) is 9.66. The van der Waals surface area contributed by atoms with Gasteiger partial charge in [-0.05, 0) is 53.9 Å². The summed E-state index contributed by atoms with van der Waals surface area (Å²) in [6.45, 7) is 3.71. The van der Waals surface area contributed by atoms with Crippen LogP contribution >= 0.6 is 0 Å². The Morgan fingerprint density at radius 1 is 0.935 bits per heavy atom. The van der Waals surface area contributed by atoms with Gasteiger partial charge in [0.2, 0.25) is 5.91 Å². The van der Waals surface area contributed by atoms with Gasteiger partial charge in [-0.1, -0.05) is 50.2 Å². The van der Waals surface area contributed by atoms with Crippen molar-refractivity contribution in [2.45, 2.75) is 24.7 Å². The molecular formula is C24H26N2O4S. The predicted octanol–water partition coefficient (Wildman–Crippen LogP) is 4.65. The molecule has 0 saturated carbocycles. The highest BCUT2D eigenvalue weighted by molar-refractivity contribution is 7.92. The van der Waals surface area contributed by atoms with E-state index in [1.54, 1.807) is 42.5 Å². The summed E-state index contributed by atoms with van der Waals surface area (Å²) in [4.78, 5) is 13.0. The summed E-state index contributed by atoms with van der Waals surface area (Å²) in [7, 11) is -2.42. The van der Waals surface area contributed by atoms with Crippen molar-refractivity contribution in [1.29, 1.82) is 0 Å². The summed E-state index contributed by atoms with van der Waals surface area (Å²) < 4.78 is 33.0. The van der Waals surface area contributed by atoms with Gasteiger partial charge in [-0.25, -0.2) is 8.42 Å². The number of amides is 1. The Hall–Kier alpha value is -3.32. The van der Waals surface area contributed by atoms with Gasteiger partial charge in [0, 0.05) is 5.69 Å². The zero-order chi connectivity index (χ0) is 22.4. The van der Waals surface area contributed by atoms with Crippen molar-refractivity contribution in [3.8, 4) is 5.75 Å². The van der Waals surface area contributed by atoms with Gasteiger partial charge in [-0.2, -0.15) is 0 Å². The van der Waals surface area contributed by atoms with Crippen LogP contribution in [-0.2, 0) is 14.8 Å². The van der Waals surface area contributed by atoms with Crippen LogP contribution in [0.5, 0.6) is 5.75 Å². The van der Waals surface area contributed by atoms with Gasteiger partial charge in [0.25, 0.3) is 10.0 Å². The summed E-state index contributed by atoms with van der Waals surface area (Å²) >= 11 is 0. The third kappa shape index (κ3) is 5.24. The van der Waals surface area contributed by atoms with Crippen molar-refractivity contribution < 1.29 is 17.9 Å². The molecule has 3 aromatic rings. The Labute approximate surface area is 183 Å². The minimum atomic E-state index is -3.96. The number of carbonyl (C=O) groups is 1. The number of nitrogens with one attached hydrogen (secondary N) is 1. The minimum Gasteiger partial charge on any atom is -0.497 e. The van der Waals surface area contributed by atoms with Crippen LogP contribution < -0.4 is 14.4 Å². The number of rotatable bonds is 8. The second-order valence-electron chi connectivity index (χ2n) is 7.31. The first-order chi connectivity index (χ1) is 14.8. The number of ether oxygens (including phenoxy) is 1. The van der Waals surface area contributed by atoms with E-state index in [4.69, 9.17) is 4.74 Å². The molecule has 162 valence electrons. The first-order valence-corrected chi connectivity index (χ1v) is 11.4. The van der Waals surface area contributed by atoms with Gasteiger partial charge in [-0.3, -0.25) is 9.10 Å². The number of hydrogen-bond donors (Lipinski definition) is 1. The molecule has 7 heteroatoms.